The second-order valence-electron chi connectivity index (χ2n) is 4.60. The molecule has 0 amide bonds. The van der Waals surface area contributed by atoms with Crippen molar-refractivity contribution in [1.82, 2.24) is 0 Å². The maximum atomic E-state index is 11.8. The minimum absolute atomic E-state index is 0.0271. The van der Waals surface area contributed by atoms with E-state index in [1.165, 1.54) is 0 Å². The highest BCUT2D eigenvalue weighted by atomic mass is 16.3. The van der Waals surface area contributed by atoms with Crippen molar-refractivity contribution in [1.29, 1.82) is 0 Å². The number of rotatable bonds is 4. The van der Waals surface area contributed by atoms with Gasteiger partial charge in [0.2, 0.25) is 0 Å². The van der Waals surface area contributed by atoms with Crippen LogP contribution in [0, 0.1) is 17.3 Å². The zero-order valence-electron chi connectivity index (χ0n) is 9.12. The van der Waals surface area contributed by atoms with Crippen LogP contribution in [-0.4, -0.2) is 17.5 Å². The van der Waals surface area contributed by atoms with Crippen LogP contribution in [0.2, 0.25) is 0 Å². The fourth-order valence-corrected chi connectivity index (χ4v) is 2.71. The lowest BCUT2D eigenvalue weighted by atomic mass is 9.69. The van der Waals surface area contributed by atoms with E-state index >= 15 is 0 Å². The molecule has 2 heteroatoms. The van der Waals surface area contributed by atoms with Crippen LogP contribution in [0.4, 0.5) is 0 Å². The molecule has 1 aliphatic rings. The van der Waals surface area contributed by atoms with Gasteiger partial charge in [-0.15, -0.1) is 6.58 Å². The summed E-state index contributed by atoms with van der Waals surface area (Å²) in [4.78, 5) is 11.8. The summed E-state index contributed by atoms with van der Waals surface area (Å²) in [5, 5.41) is 9.47. The Morgan fingerprint density at radius 3 is 2.57 bits per heavy atom. The molecule has 1 N–H and O–H groups in total. The molecule has 80 valence electrons. The molecule has 0 aromatic carbocycles. The molecule has 1 fully saturated rings. The Balaban J connectivity index is 2.97. The van der Waals surface area contributed by atoms with Gasteiger partial charge in [-0.25, -0.2) is 0 Å². The van der Waals surface area contributed by atoms with Crippen LogP contribution in [0.5, 0.6) is 0 Å². The Morgan fingerprint density at radius 1 is 1.64 bits per heavy atom. The van der Waals surface area contributed by atoms with E-state index in [1.54, 1.807) is 0 Å². The lowest BCUT2D eigenvalue weighted by molar-refractivity contribution is -0.131. The minimum atomic E-state index is -0.518. The molecule has 0 saturated heterocycles. The average Bonchev–Trinajstić information content (AvgIpc) is 2.49. The summed E-state index contributed by atoms with van der Waals surface area (Å²) in [7, 11) is 0. The monoisotopic (exact) mass is 196 g/mol. The van der Waals surface area contributed by atoms with E-state index < -0.39 is 5.41 Å². The van der Waals surface area contributed by atoms with E-state index in [0.29, 0.717) is 12.3 Å². The van der Waals surface area contributed by atoms with Gasteiger partial charge in [-0.3, -0.25) is 4.79 Å². The van der Waals surface area contributed by atoms with Crippen molar-refractivity contribution in [2.75, 3.05) is 6.61 Å². The molecule has 0 bridgehead atoms. The van der Waals surface area contributed by atoms with Crippen LogP contribution >= 0.6 is 0 Å². The molecule has 1 saturated carbocycles. The fraction of sp³-hybridized carbons (Fsp3) is 0.750. The average molecular weight is 196 g/mol. The Bertz CT molecular complexity index is 232. The third-order valence-corrected chi connectivity index (χ3v) is 3.47. The summed E-state index contributed by atoms with van der Waals surface area (Å²) in [6.07, 6.45) is 4.19. The third kappa shape index (κ3) is 1.63. The molecular formula is C12H20O2. The van der Waals surface area contributed by atoms with Crippen LogP contribution in [-0.2, 0) is 4.79 Å². The summed E-state index contributed by atoms with van der Waals surface area (Å²) in [6.45, 7) is 7.92. The van der Waals surface area contributed by atoms with Crippen molar-refractivity contribution < 1.29 is 9.90 Å². The van der Waals surface area contributed by atoms with E-state index in [-0.39, 0.29) is 18.3 Å². The molecule has 0 aromatic heterocycles. The van der Waals surface area contributed by atoms with Crippen LogP contribution in [0.25, 0.3) is 0 Å². The van der Waals surface area contributed by atoms with Crippen molar-refractivity contribution in [2.24, 2.45) is 17.3 Å². The second kappa shape index (κ2) is 4.26. The van der Waals surface area contributed by atoms with Gasteiger partial charge in [0.25, 0.3) is 0 Å². The molecule has 14 heavy (non-hydrogen) atoms. The lowest BCUT2D eigenvalue weighted by Gasteiger charge is -2.35. The van der Waals surface area contributed by atoms with Crippen molar-refractivity contribution in [2.45, 2.75) is 33.1 Å². The largest absolute Gasteiger partial charge is 0.395 e. The van der Waals surface area contributed by atoms with Gasteiger partial charge in [-0.1, -0.05) is 19.9 Å². The van der Waals surface area contributed by atoms with Crippen molar-refractivity contribution in [3.63, 3.8) is 0 Å². The van der Waals surface area contributed by atoms with Gasteiger partial charge in [0.15, 0.2) is 0 Å². The SMILES string of the molecule is C=C[C@@H](C(C)C)[C@]1(CO)CCCC1=O. The smallest absolute Gasteiger partial charge is 0.141 e. The number of carbonyl (C=O) groups excluding carboxylic acids is 1. The molecule has 1 rings (SSSR count). The first-order valence-corrected chi connectivity index (χ1v) is 5.35. The summed E-state index contributed by atoms with van der Waals surface area (Å²) < 4.78 is 0. The third-order valence-electron chi connectivity index (χ3n) is 3.47. The number of aliphatic hydroxyl groups excluding tert-OH is 1. The predicted octanol–water partition coefficient (Wildman–Crippen LogP) is 2.18. The normalized spacial score (nSPS) is 29.6. The first kappa shape index (κ1) is 11.4. The molecule has 0 aromatic rings. The van der Waals surface area contributed by atoms with Gasteiger partial charge in [0.1, 0.15) is 5.78 Å². The van der Waals surface area contributed by atoms with Crippen LogP contribution in [0.15, 0.2) is 12.7 Å². The Labute approximate surface area is 86.0 Å². The van der Waals surface area contributed by atoms with E-state index in [4.69, 9.17) is 0 Å². The van der Waals surface area contributed by atoms with Crippen molar-refractivity contribution >= 4 is 5.78 Å². The van der Waals surface area contributed by atoms with E-state index in [9.17, 15) is 9.90 Å². The van der Waals surface area contributed by atoms with Crippen molar-refractivity contribution in [3.8, 4) is 0 Å². The molecule has 0 spiro atoms. The number of carbonyl (C=O) groups is 1. The Hall–Kier alpha value is -0.630. The number of hydrogen-bond donors (Lipinski definition) is 1. The highest BCUT2D eigenvalue weighted by Crippen LogP contribution is 2.44. The van der Waals surface area contributed by atoms with Gasteiger partial charge in [-0.05, 0) is 24.7 Å². The van der Waals surface area contributed by atoms with Crippen LogP contribution < -0.4 is 0 Å². The molecule has 2 nitrogen and oxygen atoms in total. The quantitative estimate of drug-likeness (QED) is 0.700. The number of hydrogen-bond acceptors (Lipinski definition) is 2. The summed E-state index contributed by atoms with van der Waals surface area (Å²) in [5.41, 5.74) is -0.518. The zero-order chi connectivity index (χ0) is 10.8. The predicted molar refractivity (Wildman–Crippen MR) is 56.9 cm³/mol. The van der Waals surface area contributed by atoms with E-state index in [0.717, 1.165) is 12.8 Å². The fourth-order valence-electron chi connectivity index (χ4n) is 2.71. The maximum absolute atomic E-state index is 11.8. The van der Waals surface area contributed by atoms with Crippen LogP contribution in [0.1, 0.15) is 33.1 Å². The number of ketones is 1. The topological polar surface area (TPSA) is 37.3 Å². The van der Waals surface area contributed by atoms with Gasteiger partial charge in [0.05, 0.1) is 12.0 Å². The van der Waals surface area contributed by atoms with E-state index in [1.807, 2.05) is 6.08 Å². The highest BCUT2D eigenvalue weighted by Gasteiger charge is 2.47. The number of aliphatic hydroxyl groups is 1. The van der Waals surface area contributed by atoms with Gasteiger partial charge < -0.3 is 5.11 Å². The summed E-state index contributed by atoms with van der Waals surface area (Å²) >= 11 is 0. The Kier molecular flexibility index (Phi) is 3.48. The maximum Gasteiger partial charge on any atom is 0.141 e. The second-order valence-corrected chi connectivity index (χ2v) is 4.60. The molecule has 0 heterocycles. The molecule has 0 aliphatic heterocycles. The first-order chi connectivity index (χ1) is 6.58. The van der Waals surface area contributed by atoms with Gasteiger partial charge in [0, 0.05) is 6.42 Å². The van der Waals surface area contributed by atoms with E-state index in [2.05, 4.69) is 20.4 Å². The molecule has 1 aliphatic carbocycles. The minimum Gasteiger partial charge on any atom is -0.395 e. The molecule has 0 unspecified atom stereocenters. The number of Topliss-reactive ketones (excluding diaryl/α,β-unsaturated/α-hetero) is 1. The first-order valence-electron chi connectivity index (χ1n) is 5.35. The van der Waals surface area contributed by atoms with Gasteiger partial charge >= 0.3 is 0 Å². The number of allylic oxidation sites excluding steroid dienone is 1. The zero-order valence-corrected chi connectivity index (χ0v) is 9.12. The lowest BCUT2D eigenvalue weighted by Crippen LogP contribution is -2.39. The molecule has 0 radical (unpaired) electrons. The standard InChI is InChI=1S/C12H20O2/c1-4-10(9(2)3)12(8-13)7-5-6-11(12)14/h4,9-10,13H,1,5-8H2,2-3H3/t10-,12+/m0/s1. The Morgan fingerprint density at radius 2 is 2.29 bits per heavy atom. The summed E-state index contributed by atoms with van der Waals surface area (Å²) in [6, 6.07) is 0. The molecular weight excluding hydrogens is 176 g/mol. The highest BCUT2D eigenvalue weighted by molar-refractivity contribution is 5.87. The molecule has 2 atom stereocenters. The van der Waals surface area contributed by atoms with Crippen molar-refractivity contribution in [3.05, 3.63) is 12.7 Å². The van der Waals surface area contributed by atoms with Crippen LogP contribution in [0.3, 0.4) is 0 Å². The summed E-state index contributed by atoms with van der Waals surface area (Å²) in [5.74, 6) is 0.697. The van der Waals surface area contributed by atoms with Gasteiger partial charge in [-0.2, -0.15) is 0 Å².